The van der Waals surface area contributed by atoms with Gasteiger partial charge in [-0.2, -0.15) is 8.42 Å². The number of benzene rings is 2. The summed E-state index contributed by atoms with van der Waals surface area (Å²) in [6.45, 7) is 2.95. The number of rotatable bonds is 4. The molecular weight excluding hydrogens is 361 g/mol. The van der Waals surface area contributed by atoms with Crippen molar-refractivity contribution in [2.45, 2.75) is 18.7 Å². The first kappa shape index (κ1) is 17.6. The summed E-state index contributed by atoms with van der Waals surface area (Å²) in [6, 6.07) is 8.73. The van der Waals surface area contributed by atoms with Crippen LogP contribution in [0.4, 0.5) is 5.69 Å². The van der Waals surface area contributed by atoms with E-state index in [2.05, 4.69) is 5.32 Å². The largest absolute Gasteiger partial charge is 0.377 e. The van der Waals surface area contributed by atoms with Crippen LogP contribution in [0.2, 0.25) is 10.0 Å². The van der Waals surface area contributed by atoms with Crippen molar-refractivity contribution in [1.82, 2.24) is 0 Å². The van der Waals surface area contributed by atoms with E-state index in [-0.39, 0.29) is 21.6 Å². The Balaban J connectivity index is 2.40. The molecule has 5 nitrogen and oxygen atoms in total. The molecule has 2 aromatic rings. The lowest BCUT2D eigenvalue weighted by Crippen LogP contribution is -2.13. The van der Waals surface area contributed by atoms with Gasteiger partial charge in [0.15, 0.2) is 5.75 Å². The van der Waals surface area contributed by atoms with Crippen molar-refractivity contribution >= 4 is 44.9 Å². The van der Waals surface area contributed by atoms with E-state index in [4.69, 9.17) is 27.4 Å². The highest BCUT2D eigenvalue weighted by Crippen LogP contribution is 2.31. The van der Waals surface area contributed by atoms with Gasteiger partial charge in [0.05, 0.1) is 5.02 Å². The van der Waals surface area contributed by atoms with Crippen LogP contribution in [-0.4, -0.2) is 14.3 Å². The van der Waals surface area contributed by atoms with Gasteiger partial charge in [0.25, 0.3) is 0 Å². The topological polar surface area (TPSA) is 72.5 Å². The summed E-state index contributed by atoms with van der Waals surface area (Å²) in [5.41, 5.74) is 0.830. The number of carbonyl (C=O) groups excluding carboxylic acids is 1. The van der Waals surface area contributed by atoms with Crippen molar-refractivity contribution in [2.24, 2.45) is 0 Å². The molecule has 0 spiro atoms. The summed E-state index contributed by atoms with van der Waals surface area (Å²) in [5, 5.41) is 2.97. The summed E-state index contributed by atoms with van der Waals surface area (Å²) < 4.78 is 30.0. The Morgan fingerprint density at radius 3 is 2.43 bits per heavy atom. The molecule has 8 heteroatoms. The minimum absolute atomic E-state index is 0.0274. The Morgan fingerprint density at radius 1 is 1.13 bits per heavy atom. The van der Waals surface area contributed by atoms with Gasteiger partial charge >= 0.3 is 10.1 Å². The molecule has 0 fully saturated rings. The molecule has 0 aliphatic heterocycles. The van der Waals surface area contributed by atoms with E-state index in [1.165, 1.54) is 31.2 Å². The third kappa shape index (κ3) is 4.37. The smallest absolute Gasteiger partial charge is 0.339 e. The van der Waals surface area contributed by atoms with Crippen LogP contribution >= 0.6 is 23.2 Å². The van der Waals surface area contributed by atoms with E-state index in [0.29, 0.717) is 16.3 Å². The van der Waals surface area contributed by atoms with E-state index in [9.17, 15) is 13.2 Å². The van der Waals surface area contributed by atoms with Gasteiger partial charge in [-0.3, -0.25) is 4.79 Å². The van der Waals surface area contributed by atoms with Gasteiger partial charge in [0, 0.05) is 17.6 Å². The highest BCUT2D eigenvalue weighted by atomic mass is 35.5. The van der Waals surface area contributed by atoms with Crippen LogP contribution in [0.3, 0.4) is 0 Å². The van der Waals surface area contributed by atoms with Gasteiger partial charge in [-0.25, -0.2) is 0 Å². The zero-order valence-corrected chi connectivity index (χ0v) is 14.6. The number of nitrogens with one attached hydrogen (secondary N) is 1. The van der Waals surface area contributed by atoms with Crippen LogP contribution in [0.1, 0.15) is 12.5 Å². The number of halogens is 2. The Labute approximate surface area is 144 Å². The van der Waals surface area contributed by atoms with Crippen molar-refractivity contribution in [3.05, 3.63) is 52.0 Å². The van der Waals surface area contributed by atoms with Gasteiger partial charge in [-0.05, 0) is 42.8 Å². The highest BCUT2D eigenvalue weighted by Gasteiger charge is 2.21. The first-order chi connectivity index (χ1) is 10.7. The van der Waals surface area contributed by atoms with E-state index in [1.807, 2.05) is 0 Å². The molecule has 0 radical (unpaired) electrons. The molecule has 0 saturated heterocycles. The molecule has 0 unspecified atom stereocenters. The van der Waals surface area contributed by atoms with Crippen LogP contribution in [-0.2, 0) is 14.9 Å². The minimum atomic E-state index is -4.12. The number of hydrogen-bond donors (Lipinski definition) is 1. The SMILES string of the molecule is CC(=O)Nc1ccc(C)c(S(=O)(=O)Oc2ccc(Cl)cc2Cl)c1. The minimum Gasteiger partial charge on any atom is -0.377 e. The summed E-state index contributed by atoms with van der Waals surface area (Å²) in [6.07, 6.45) is 0. The zero-order valence-electron chi connectivity index (χ0n) is 12.3. The van der Waals surface area contributed by atoms with Crippen molar-refractivity contribution in [3.63, 3.8) is 0 Å². The van der Waals surface area contributed by atoms with Gasteiger partial charge in [-0.15, -0.1) is 0 Å². The van der Waals surface area contributed by atoms with Crippen molar-refractivity contribution in [1.29, 1.82) is 0 Å². The average molecular weight is 374 g/mol. The standard InChI is InChI=1S/C15H13Cl2NO4S/c1-9-3-5-12(18-10(2)19)8-15(9)23(20,21)22-14-6-4-11(16)7-13(14)17/h3-8H,1-2H3,(H,18,19). The van der Waals surface area contributed by atoms with Crippen LogP contribution < -0.4 is 9.50 Å². The molecule has 0 saturated carbocycles. The van der Waals surface area contributed by atoms with E-state index >= 15 is 0 Å². The Hall–Kier alpha value is -1.76. The molecule has 122 valence electrons. The number of amides is 1. The van der Waals surface area contributed by atoms with Crippen LogP contribution in [0, 0.1) is 6.92 Å². The van der Waals surface area contributed by atoms with E-state index in [1.54, 1.807) is 19.1 Å². The predicted octanol–water partition coefficient (Wildman–Crippen LogP) is 4.03. The second-order valence-electron chi connectivity index (χ2n) is 4.77. The first-order valence-corrected chi connectivity index (χ1v) is 8.63. The third-order valence-corrected chi connectivity index (χ3v) is 4.78. The molecule has 23 heavy (non-hydrogen) atoms. The molecule has 0 bridgehead atoms. The first-order valence-electron chi connectivity index (χ1n) is 6.47. The normalized spacial score (nSPS) is 11.1. The number of hydrogen-bond acceptors (Lipinski definition) is 4. The van der Waals surface area contributed by atoms with Gasteiger partial charge < -0.3 is 9.50 Å². The van der Waals surface area contributed by atoms with Gasteiger partial charge in [-0.1, -0.05) is 29.3 Å². The fourth-order valence-corrected chi connectivity index (χ4v) is 3.55. The average Bonchev–Trinajstić information content (AvgIpc) is 2.43. The lowest BCUT2D eigenvalue weighted by Gasteiger charge is -2.12. The molecule has 0 aromatic heterocycles. The van der Waals surface area contributed by atoms with Crippen LogP contribution in [0.15, 0.2) is 41.3 Å². The fourth-order valence-electron chi connectivity index (χ4n) is 1.86. The fraction of sp³-hybridized carbons (Fsp3) is 0.133. The zero-order chi connectivity index (χ0) is 17.2. The maximum absolute atomic E-state index is 12.5. The lowest BCUT2D eigenvalue weighted by atomic mass is 10.2. The Kier molecular flexibility index (Phi) is 5.19. The molecule has 2 aromatic carbocycles. The molecule has 0 atom stereocenters. The number of carbonyl (C=O) groups is 1. The van der Waals surface area contributed by atoms with E-state index < -0.39 is 10.1 Å². The van der Waals surface area contributed by atoms with E-state index in [0.717, 1.165) is 0 Å². The number of anilines is 1. The maximum Gasteiger partial charge on any atom is 0.339 e. The van der Waals surface area contributed by atoms with Gasteiger partial charge in [0.2, 0.25) is 5.91 Å². The van der Waals surface area contributed by atoms with Gasteiger partial charge in [0.1, 0.15) is 4.90 Å². The molecule has 1 amide bonds. The Morgan fingerprint density at radius 2 is 1.83 bits per heavy atom. The molecule has 2 rings (SSSR count). The van der Waals surface area contributed by atoms with Crippen molar-refractivity contribution in [2.75, 3.05) is 5.32 Å². The summed E-state index contributed by atoms with van der Waals surface area (Å²) in [5.74, 6) is -0.334. The third-order valence-electron chi connectivity index (χ3n) is 2.87. The molecule has 0 aliphatic rings. The second kappa shape index (κ2) is 6.78. The molecule has 0 aliphatic carbocycles. The summed E-state index contributed by atoms with van der Waals surface area (Å²) in [7, 11) is -4.12. The van der Waals surface area contributed by atoms with Crippen molar-refractivity contribution in [3.8, 4) is 5.75 Å². The maximum atomic E-state index is 12.5. The Bertz CT molecular complexity index is 866. The van der Waals surface area contributed by atoms with Crippen molar-refractivity contribution < 1.29 is 17.4 Å². The van der Waals surface area contributed by atoms with Crippen LogP contribution in [0.5, 0.6) is 5.75 Å². The monoisotopic (exact) mass is 373 g/mol. The lowest BCUT2D eigenvalue weighted by molar-refractivity contribution is -0.114. The summed E-state index contributed by atoms with van der Waals surface area (Å²) in [4.78, 5) is 11.0. The van der Waals surface area contributed by atoms with Crippen LogP contribution in [0.25, 0.3) is 0 Å². The highest BCUT2D eigenvalue weighted by molar-refractivity contribution is 7.87. The quantitative estimate of drug-likeness (QED) is 0.821. The molecular formula is C15H13Cl2NO4S. The molecule has 0 heterocycles. The number of aryl methyl sites for hydroxylation is 1. The summed E-state index contributed by atoms with van der Waals surface area (Å²) >= 11 is 11.7. The second-order valence-corrected chi connectivity index (χ2v) is 7.13. The predicted molar refractivity (Wildman–Crippen MR) is 89.8 cm³/mol. The molecule has 1 N–H and O–H groups in total.